The molecule has 84 valence electrons. The number of nitrogens with one attached hydrogen (secondary N) is 1. The van der Waals surface area contributed by atoms with Gasteiger partial charge in [-0.15, -0.1) is 0 Å². The lowest BCUT2D eigenvalue weighted by molar-refractivity contribution is 0.435. The Hall–Kier alpha value is -1.58. The molecule has 1 unspecified atom stereocenters. The molecule has 16 heavy (non-hydrogen) atoms. The Morgan fingerprint density at radius 2 is 1.75 bits per heavy atom. The van der Waals surface area contributed by atoms with Crippen LogP contribution in [0.5, 0.6) is 0 Å². The number of hydrazine groups is 1. The van der Waals surface area contributed by atoms with Gasteiger partial charge >= 0.3 is 0 Å². The van der Waals surface area contributed by atoms with Crippen LogP contribution in [-0.4, -0.2) is 0 Å². The molecule has 1 atom stereocenters. The molecular weight excluding hydrogens is 200 g/mol. The first-order valence-corrected chi connectivity index (χ1v) is 5.29. The van der Waals surface area contributed by atoms with E-state index in [9.17, 15) is 0 Å². The lowest BCUT2D eigenvalue weighted by Crippen LogP contribution is -2.28. The summed E-state index contributed by atoms with van der Waals surface area (Å²) in [5.41, 5.74) is 5.10. The molecule has 1 aromatic heterocycles. The van der Waals surface area contributed by atoms with E-state index in [0.717, 1.165) is 17.1 Å². The molecule has 0 radical (unpaired) electrons. The summed E-state index contributed by atoms with van der Waals surface area (Å²) in [5.74, 6) is 7.30. The largest absolute Gasteiger partial charge is 0.464 e. The summed E-state index contributed by atoms with van der Waals surface area (Å²) in [6.07, 6.45) is 0. The number of aryl methyl sites for hydroxylation is 2. The number of nitrogens with two attached hydrogens (primary N) is 1. The predicted molar refractivity (Wildman–Crippen MR) is 63.8 cm³/mol. The van der Waals surface area contributed by atoms with Crippen LogP contribution in [0.1, 0.15) is 28.7 Å². The molecule has 0 aliphatic carbocycles. The molecule has 2 rings (SSSR count). The fourth-order valence-electron chi connectivity index (χ4n) is 1.71. The quantitative estimate of drug-likeness (QED) is 0.612. The van der Waals surface area contributed by atoms with Crippen LogP contribution in [0.25, 0.3) is 0 Å². The highest BCUT2D eigenvalue weighted by atomic mass is 16.3. The van der Waals surface area contributed by atoms with E-state index in [1.165, 1.54) is 5.56 Å². The monoisotopic (exact) mass is 216 g/mol. The highest BCUT2D eigenvalue weighted by molar-refractivity contribution is 5.29. The van der Waals surface area contributed by atoms with E-state index in [1.807, 2.05) is 19.1 Å². The molecule has 0 bridgehead atoms. The van der Waals surface area contributed by atoms with Gasteiger partial charge in [-0.1, -0.05) is 29.8 Å². The van der Waals surface area contributed by atoms with Crippen molar-refractivity contribution in [2.45, 2.75) is 19.9 Å². The van der Waals surface area contributed by atoms with Crippen molar-refractivity contribution < 1.29 is 4.42 Å². The number of furan rings is 1. The SMILES string of the molecule is Cc1ccc(C(NN)c2ccc(C)o2)cc1. The molecule has 0 fully saturated rings. The average Bonchev–Trinajstić information content (AvgIpc) is 2.69. The molecule has 3 nitrogen and oxygen atoms in total. The summed E-state index contributed by atoms with van der Waals surface area (Å²) in [5, 5.41) is 0. The number of rotatable bonds is 3. The maximum absolute atomic E-state index is 5.58. The van der Waals surface area contributed by atoms with Gasteiger partial charge in [-0.05, 0) is 31.5 Å². The van der Waals surface area contributed by atoms with Crippen LogP contribution in [0, 0.1) is 13.8 Å². The Bertz CT molecular complexity index is 459. The second kappa shape index (κ2) is 4.51. The Labute approximate surface area is 95.2 Å². The van der Waals surface area contributed by atoms with E-state index in [4.69, 9.17) is 10.3 Å². The zero-order valence-electron chi connectivity index (χ0n) is 9.53. The first-order valence-electron chi connectivity index (χ1n) is 5.29. The van der Waals surface area contributed by atoms with Crippen molar-refractivity contribution in [3.8, 4) is 0 Å². The maximum Gasteiger partial charge on any atom is 0.126 e. The van der Waals surface area contributed by atoms with Gasteiger partial charge in [-0.25, -0.2) is 5.43 Å². The van der Waals surface area contributed by atoms with Crippen LogP contribution >= 0.6 is 0 Å². The molecule has 0 aliphatic rings. The van der Waals surface area contributed by atoms with E-state index in [2.05, 4.69) is 36.6 Å². The fourth-order valence-corrected chi connectivity index (χ4v) is 1.71. The lowest BCUT2D eigenvalue weighted by atomic mass is 10.0. The van der Waals surface area contributed by atoms with Crippen molar-refractivity contribution in [1.29, 1.82) is 0 Å². The van der Waals surface area contributed by atoms with Crippen molar-refractivity contribution in [3.05, 3.63) is 59.0 Å². The second-order valence-corrected chi connectivity index (χ2v) is 3.96. The maximum atomic E-state index is 5.58. The van der Waals surface area contributed by atoms with E-state index in [0.29, 0.717) is 0 Å². The van der Waals surface area contributed by atoms with Gasteiger partial charge in [0.15, 0.2) is 0 Å². The van der Waals surface area contributed by atoms with Crippen LogP contribution in [0.15, 0.2) is 40.8 Å². The molecule has 0 saturated heterocycles. The minimum atomic E-state index is -0.0886. The van der Waals surface area contributed by atoms with Gasteiger partial charge in [0.25, 0.3) is 0 Å². The highest BCUT2D eigenvalue weighted by Crippen LogP contribution is 2.23. The summed E-state index contributed by atoms with van der Waals surface area (Å²) in [6.45, 7) is 3.98. The van der Waals surface area contributed by atoms with Crippen LogP contribution in [0.3, 0.4) is 0 Å². The van der Waals surface area contributed by atoms with E-state index < -0.39 is 0 Å². The molecular formula is C13H16N2O. The van der Waals surface area contributed by atoms with Crippen LogP contribution in [-0.2, 0) is 0 Å². The van der Waals surface area contributed by atoms with Gasteiger partial charge in [0.05, 0.1) is 0 Å². The summed E-state index contributed by atoms with van der Waals surface area (Å²) in [4.78, 5) is 0. The third kappa shape index (κ3) is 2.15. The van der Waals surface area contributed by atoms with Crippen LogP contribution in [0.2, 0.25) is 0 Å². The van der Waals surface area contributed by atoms with Crippen molar-refractivity contribution in [2.75, 3.05) is 0 Å². The van der Waals surface area contributed by atoms with E-state index in [-0.39, 0.29) is 6.04 Å². The Morgan fingerprint density at radius 3 is 2.25 bits per heavy atom. The Balaban J connectivity index is 2.32. The molecule has 1 heterocycles. The van der Waals surface area contributed by atoms with Crippen molar-refractivity contribution >= 4 is 0 Å². The molecule has 2 aromatic rings. The Kier molecular flexibility index (Phi) is 3.08. The first-order chi connectivity index (χ1) is 7.70. The van der Waals surface area contributed by atoms with Crippen LogP contribution < -0.4 is 11.3 Å². The third-order valence-electron chi connectivity index (χ3n) is 2.62. The molecule has 0 amide bonds. The van der Waals surface area contributed by atoms with Crippen molar-refractivity contribution in [1.82, 2.24) is 5.43 Å². The molecule has 3 N–H and O–H groups in total. The molecule has 3 heteroatoms. The predicted octanol–water partition coefficient (Wildman–Crippen LogP) is 2.45. The van der Waals surface area contributed by atoms with E-state index in [1.54, 1.807) is 0 Å². The van der Waals surface area contributed by atoms with Crippen LogP contribution in [0.4, 0.5) is 0 Å². The van der Waals surface area contributed by atoms with E-state index >= 15 is 0 Å². The minimum Gasteiger partial charge on any atom is -0.464 e. The van der Waals surface area contributed by atoms with Gasteiger partial charge < -0.3 is 4.42 Å². The first kappa shape index (κ1) is 10.9. The average molecular weight is 216 g/mol. The topological polar surface area (TPSA) is 51.2 Å². The highest BCUT2D eigenvalue weighted by Gasteiger charge is 2.15. The van der Waals surface area contributed by atoms with Gasteiger partial charge in [0.1, 0.15) is 17.6 Å². The molecule has 0 spiro atoms. The zero-order chi connectivity index (χ0) is 11.5. The summed E-state index contributed by atoms with van der Waals surface area (Å²) in [7, 11) is 0. The summed E-state index contributed by atoms with van der Waals surface area (Å²) in [6, 6.07) is 12.0. The fraction of sp³-hybridized carbons (Fsp3) is 0.231. The number of hydrogen-bond donors (Lipinski definition) is 2. The summed E-state index contributed by atoms with van der Waals surface area (Å²) < 4.78 is 5.58. The Morgan fingerprint density at radius 1 is 1.06 bits per heavy atom. The third-order valence-corrected chi connectivity index (χ3v) is 2.62. The zero-order valence-corrected chi connectivity index (χ0v) is 9.53. The van der Waals surface area contributed by atoms with Gasteiger partial charge in [-0.2, -0.15) is 0 Å². The standard InChI is InChI=1S/C13H16N2O/c1-9-3-6-11(7-4-9)13(15-14)12-8-5-10(2)16-12/h3-8,13,15H,14H2,1-2H3. The van der Waals surface area contributed by atoms with Gasteiger partial charge in [-0.3, -0.25) is 5.84 Å². The van der Waals surface area contributed by atoms with Crippen molar-refractivity contribution in [2.24, 2.45) is 5.84 Å². The molecule has 1 aromatic carbocycles. The number of hydrogen-bond acceptors (Lipinski definition) is 3. The van der Waals surface area contributed by atoms with Gasteiger partial charge in [0.2, 0.25) is 0 Å². The molecule has 0 saturated carbocycles. The van der Waals surface area contributed by atoms with Crippen molar-refractivity contribution in [3.63, 3.8) is 0 Å². The summed E-state index contributed by atoms with van der Waals surface area (Å²) >= 11 is 0. The second-order valence-electron chi connectivity index (χ2n) is 3.96. The van der Waals surface area contributed by atoms with Gasteiger partial charge in [0, 0.05) is 0 Å². The normalized spacial score (nSPS) is 12.7. The lowest BCUT2D eigenvalue weighted by Gasteiger charge is -2.13. The minimum absolute atomic E-state index is 0.0886. The number of benzene rings is 1. The smallest absolute Gasteiger partial charge is 0.126 e. The molecule has 0 aliphatic heterocycles.